The first-order chi connectivity index (χ1) is 15.5. The standard InChI is InChI=1S/C22H20F3N3O4S/c1-14-6-8-15(9-7-14)21(30)28-13-16(12-18(28)20(29)27-11-10-26)33(31,32)19-5-3-2-4-17(19)22(23,24)25/h2-9,16,18H,11-13H2,1H3,(H,27,29)/t16-,18+/m1/s1. The molecule has 2 aromatic rings. The van der Waals surface area contributed by atoms with Crippen LogP contribution in [0.2, 0.25) is 0 Å². The minimum Gasteiger partial charge on any atom is -0.341 e. The first kappa shape index (κ1) is 24.3. The first-order valence-corrected chi connectivity index (χ1v) is 11.4. The van der Waals surface area contributed by atoms with Gasteiger partial charge >= 0.3 is 6.18 Å². The largest absolute Gasteiger partial charge is 0.417 e. The molecule has 0 aliphatic carbocycles. The molecule has 2 amide bonds. The van der Waals surface area contributed by atoms with E-state index in [0.717, 1.165) is 22.6 Å². The van der Waals surface area contributed by atoms with Gasteiger partial charge in [-0.2, -0.15) is 18.4 Å². The van der Waals surface area contributed by atoms with Gasteiger partial charge in [0.1, 0.15) is 12.6 Å². The van der Waals surface area contributed by atoms with Gasteiger partial charge < -0.3 is 10.2 Å². The molecule has 1 N–H and O–H groups in total. The molecule has 1 saturated heterocycles. The number of carbonyl (C=O) groups is 2. The van der Waals surface area contributed by atoms with Crippen molar-refractivity contribution in [3.63, 3.8) is 0 Å². The number of rotatable bonds is 5. The van der Waals surface area contributed by atoms with Crippen LogP contribution in [-0.2, 0) is 20.8 Å². The molecule has 11 heteroatoms. The average Bonchev–Trinajstić information content (AvgIpc) is 3.23. The molecule has 0 saturated carbocycles. The predicted molar refractivity (Wildman–Crippen MR) is 112 cm³/mol. The van der Waals surface area contributed by atoms with Gasteiger partial charge in [0.2, 0.25) is 5.91 Å². The second-order valence-corrected chi connectivity index (χ2v) is 9.81. The summed E-state index contributed by atoms with van der Waals surface area (Å²) in [5.41, 5.74) is -0.230. The van der Waals surface area contributed by atoms with Crippen LogP contribution in [-0.4, -0.2) is 49.5 Å². The molecular weight excluding hydrogens is 459 g/mol. The van der Waals surface area contributed by atoms with Crippen molar-refractivity contribution in [3.05, 3.63) is 65.2 Å². The Morgan fingerprint density at radius 2 is 1.79 bits per heavy atom. The summed E-state index contributed by atoms with van der Waals surface area (Å²) < 4.78 is 66.8. The van der Waals surface area contributed by atoms with E-state index in [1.54, 1.807) is 18.2 Å². The van der Waals surface area contributed by atoms with E-state index < -0.39 is 62.5 Å². The summed E-state index contributed by atoms with van der Waals surface area (Å²) in [4.78, 5) is 25.8. The molecule has 7 nitrogen and oxygen atoms in total. The van der Waals surface area contributed by atoms with Crippen molar-refractivity contribution < 1.29 is 31.2 Å². The van der Waals surface area contributed by atoms with Crippen molar-refractivity contribution >= 4 is 21.7 Å². The van der Waals surface area contributed by atoms with E-state index in [-0.39, 0.29) is 12.1 Å². The van der Waals surface area contributed by atoms with Crippen LogP contribution >= 0.6 is 0 Å². The lowest BCUT2D eigenvalue weighted by atomic mass is 10.1. The van der Waals surface area contributed by atoms with Gasteiger partial charge in [0.15, 0.2) is 9.84 Å². The molecule has 0 spiro atoms. The van der Waals surface area contributed by atoms with E-state index >= 15 is 0 Å². The zero-order valence-electron chi connectivity index (χ0n) is 17.5. The Morgan fingerprint density at radius 3 is 2.39 bits per heavy atom. The van der Waals surface area contributed by atoms with Crippen molar-refractivity contribution in [1.29, 1.82) is 5.26 Å². The third kappa shape index (κ3) is 5.01. The van der Waals surface area contributed by atoms with Gasteiger partial charge in [-0.1, -0.05) is 29.8 Å². The molecule has 1 aliphatic heterocycles. The summed E-state index contributed by atoms with van der Waals surface area (Å²) >= 11 is 0. The maximum atomic E-state index is 13.4. The Morgan fingerprint density at radius 1 is 1.15 bits per heavy atom. The minimum absolute atomic E-state index is 0.201. The van der Waals surface area contributed by atoms with Crippen LogP contribution in [0.15, 0.2) is 53.4 Å². The molecule has 1 heterocycles. The van der Waals surface area contributed by atoms with E-state index in [4.69, 9.17) is 5.26 Å². The Labute approximate surface area is 188 Å². The molecule has 33 heavy (non-hydrogen) atoms. The topological polar surface area (TPSA) is 107 Å². The number of aryl methyl sites for hydroxylation is 1. The third-order valence-electron chi connectivity index (χ3n) is 5.40. The molecule has 0 unspecified atom stereocenters. The van der Waals surface area contributed by atoms with Crippen LogP contribution in [0.1, 0.15) is 27.9 Å². The van der Waals surface area contributed by atoms with Gasteiger partial charge in [0.05, 0.1) is 21.8 Å². The fraction of sp³-hybridized carbons (Fsp3) is 0.318. The molecule has 2 aromatic carbocycles. The summed E-state index contributed by atoms with van der Waals surface area (Å²) in [5, 5.41) is 9.59. The summed E-state index contributed by atoms with van der Waals surface area (Å²) in [6, 6.07) is 10.6. The molecule has 2 atom stereocenters. The monoisotopic (exact) mass is 479 g/mol. The number of nitrogens with one attached hydrogen (secondary N) is 1. The molecule has 174 valence electrons. The molecule has 1 aliphatic rings. The highest BCUT2D eigenvalue weighted by molar-refractivity contribution is 7.92. The summed E-state index contributed by atoms with van der Waals surface area (Å²) in [6.45, 7) is 0.977. The van der Waals surface area contributed by atoms with Gasteiger partial charge in [-0.05, 0) is 37.6 Å². The highest BCUT2D eigenvalue weighted by atomic mass is 32.2. The van der Waals surface area contributed by atoms with E-state index in [1.807, 2.05) is 6.92 Å². The normalized spacial score (nSPS) is 18.6. The maximum Gasteiger partial charge on any atom is 0.417 e. The number of carbonyl (C=O) groups excluding carboxylic acids is 2. The fourth-order valence-electron chi connectivity index (χ4n) is 3.73. The van der Waals surface area contributed by atoms with Crippen LogP contribution in [0.4, 0.5) is 13.2 Å². The Kier molecular flexibility index (Phi) is 6.78. The van der Waals surface area contributed by atoms with Gasteiger partial charge in [-0.3, -0.25) is 9.59 Å². The third-order valence-corrected chi connectivity index (χ3v) is 7.59. The van der Waals surface area contributed by atoms with Gasteiger partial charge in [0.25, 0.3) is 5.91 Å². The van der Waals surface area contributed by atoms with Crippen molar-refractivity contribution in [2.75, 3.05) is 13.1 Å². The van der Waals surface area contributed by atoms with Crippen LogP contribution in [0.25, 0.3) is 0 Å². The SMILES string of the molecule is Cc1ccc(C(=O)N2C[C@H](S(=O)(=O)c3ccccc3C(F)(F)F)C[C@H]2C(=O)NCC#N)cc1. The van der Waals surface area contributed by atoms with E-state index in [0.29, 0.717) is 6.07 Å². The lowest BCUT2D eigenvalue weighted by Gasteiger charge is -2.23. The summed E-state index contributed by atoms with van der Waals surface area (Å²) in [6.07, 6.45) is -5.30. The van der Waals surface area contributed by atoms with Crippen molar-refractivity contribution in [1.82, 2.24) is 10.2 Å². The average molecular weight is 479 g/mol. The van der Waals surface area contributed by atoms with Gasteiger partial charge in [-0.15, -0.1) is 0 Å². The predicted octanol–water partition coefficient (Wildman–Crippen LogP) is 2.71. The van der Waals surface area contributed by atoms with Crippen LogP contribution in [0.3, 0.4) is 0 Å². The number of hydrogen-bond acceptors (Lipinski definition) is 5. The highest BCUT2D eigenvalue weighted by Crippen LogP contribution is 2.37. The van der Waals surface area contributed by atoms with E-state index in [9.17, 15) is 31.2 Å². The molecule has 0 bridgehead atoms. The van der Waals surface area contributed by atoms with Gasteiger partial charge in [-0.25, -0.2) is 8.42 Å². The van der Waals surface area contributed by atoms with E-state index in [2.05, 4.69) is 5.32 Å². The minimum atomic E-state index is -4.90. The number of sulfone groups is 1. The summed E-state index contributed by atoms with van der Waals surface area (Å²) in [5.74, 6) is -1.38. The number of likely N-dealkylation sites (tertiary alicyclic amines) is 1. The number of alkyl halides is 3. The van der Waals surface area contributed by atoms with E-state index in [1.165, 1.54) is 18.2 Å². The number of nitriles is 1. The molecular formula is C22H20F3N3O4S. The Balaban J connectivity index is 2.00. The molecule has 1 fully saturated rings. The van der Waals surface area contributed by atoms with Gasteiger partial charge in [0, 0.05) is 12.1 Å². The van der Waals surface area contributed by atoms with Crippen molar-refractivity contribution in [3.8, 4) is 6.07 Å². The lowest BCUT2D eigenvalue weighted by Crippen LogP contribution is -2.46. The quantitative estimate of drug-likeness (QED) is 0.664. The Hall–Kier alpha value is -3.39. The number of nitrogens with zero attached hydrogens (tertiary/aromatic N) is 2. The molecule has 3 rings (SSSR count). The van der Waals surface area contributed by atoms with Crippen LogP contribution in [0.5, 0.6) is 0 Å². The summed E-state index contributed by atoms with van der Waals surface area (Å²) in [7, 11) is -4.55. The second kappa shape index (κ2) is 9.23. The smallest absolute Gasteiger partial charge is 0.341 e. The zero-order chi connectivity index (χ0) is 24.4. The Bertz CT molecular complexity index is 1200. The maximum absolute atomic E-state index is 13.4. The first-order valence-electron chi connectivity index (χ1n) is 9.89. The zero-order valence-corrected chi connectivity index (χ0v) is 18.3. The van der Waals surface area contributed by atoms with Crippen LogP contribution in [0, 0.1) is 18.3 Å². The fourth-order valence-corrected chi connectivity index (χ4v) is 5.64. The second-order valence-electron chi connectivity index (χ2n) is 7.61. The van der Waals surface area contributed by atoms with Crippen molar-refractivity contribution in [2.45, 2.75) is 35.7 Å². The number of amides is 2. The van der Waals surface area contributed by atoms with Crippen molar-refractivity contribution in [2.24, 2.45) is 0 Å². The number of hydrogen-bond donors (Lipinski definition) is 1. The molecule has 0 radical (unpaired) electrons. The van der Waals surface area contributed by atoms with Crippen LogP contribution < -0.4 is 5.32 Å². The molecule has 0 aromatic heterocycles. The number of halogens is 3. The lowest BCUT2D eigenvalue weighted by molar-refractivity contribution is -0.139. The highest BCUT2D eigenvalue weighted by Gasteiger charge is 2.47. The number of benzene rings is 2.